The van der Waals surface area contributed by atoms with Gasteiger partial charge in [-0.25, -0.2) is 4.39 Å². The van der Waals surface area contributed by atoms with E-state index < -0.39 is 5.82 Å². The van der Waals surface area contributed by atoms with Crippen LogP contribution in [-0.4, -0.2) is 12.1 Å². The fourth-order valence-electron chi connectivity index (χ4n) is 1.97. The minimum absolute atomic E-state index is 0.227. The molecule has 0 aliphatic carbocycles. The highest BCUT2D eigenvalue weighted by Gasteiger charge is 2.12. The van der Waals surface area contributed by atoms with E-state index in [1.807, 2.05) is 19.1 Å². The summed E-state index contributed by atoms with van der Waals surface area (Å²) in [6.45, 7) is 1.99. The molecule has 0 fully saturated rings. The molecule has 0 aliphatic rings. The van der Waals surface area contributed by atoms with Gasteiger partial charge in [0.25, 0.3) is 0 Å². The molecule has 1 atom stereocenters. The third-order valence-electron chi connectivity index (χ3n) is 3.14. The molecule has 0 saturated heterocycles. The molecule has 2 N–H and O–H groups in total. The summed E-state index contributed by atoms with van der Waals surface area (Å²) in [5.41, 5.74) is 8.87. The third-order valence-corrected chi connectivity index (χ3v) is 3.14. The Morgan fingerprint density at radius 2 is 2.16 bits per heavy atom. The Hall–Kier alpha value is -1.94. The first kappa shape index (κ1) is 13.5. The van der Waals surface area contributed by atoms with Gasteiger partial charge in [0.1, 0.15) is 0 Å². The SMILES string of the molecule is COc1ccc(C(N)Cc2ncccc2C)cc1F. The molecule has 1 aromatic heterocycles. The van der Waals surface area contributed by atoms with Crippen molar-refractivity contribution in [2.45, 2.75) is 19.4 Å². The predicted molar refractivity (Wildman–Crippen MR) is 72.6 cm³/mol. The Balaban J connectivity index is 2.18. The Bertz CT molecular complexity index is 572. The minimum Gasteiger partial charge on any atom is -0.494 e. The number of hydrogen-bond donors (Lipinski definition) is 1. The number of hydrogen-bond acceptors (Lipinski definition) is 3. The summed E-state index contributed by atoms with van der Waals surface area (Å²) in [7, 11) is 1.44. The van der Waals surface area contributed by atoms with Crippen molar-refractivity contribution in [2.24, 2.45) is 5.73 Å². The van der Waals surface area contributed by atoms with Gasteiger partial charge in [-0.2, -0.15) is 0 Å². The molecule has 1 heterocycles. The summed E-state index contributed by atoms with van der Waals surface area (Å²) in [6.07, 6.45) is 2.32. The van der Waals surface area contributed by atoms with Crippen molar-refractivity contribution in [1.29, 1.82) is 0 Å². The topological polar surface area (TPSA) is 48.1 Å². The molecule has 2 aromatic rings. The quantitative estimate of drug-likeness (QED) is 0.919. The number of ether oxygens (including phenoxy) is 1. The Kier molecular flexibility index (Phi) is 4.12. The predicted octanol–water partition coefficient (Wildman–Crippen LogP) is 2.78. The summed E-state index contributed by atoms with van der Waals surface area (Å²) in [5, 5.41) is 0. The van der Waals surface area contributed by atoms with Crippen molar-refractivity contribution in [3.63, 3.8) is 0 Å². The molecule has 0 bridgehead atoms. The molecule has 0 saturated carbocycles. The monoisotopic (exact) mass is 260 g/mol. The van der Waals surface area contributed by atoms with Crippen LogP contribution < -0.4 is 10.5 Å². The van der Waals surface area contributed by atoms with Gasteiger partial charge in [0.2, 0.25) is 0 Å². The molecule has 1 unspecified atom stereocenters. The van der Waals surface area contributed by atoms with Gasteiger partial charge in [0.05, 0.1) is 7.11 Å². The van der Waals surface area contributed by atoms with E-state index in [0.717, 1.165) is 16.8 Å². The van der Waals surface area contributed by atoms with Crippen LogP contribution in [0.4, 0.5) is 4.39 Å². The van der Waals surface area contributed by atoms with Crippen molar-refractivity contribution in [3.8, 4) is 5.75 Å². The van der Waals surface area contributed by atoms with Crippen LogP contribution in [0.15, 0.2) is 36.5 Å². The van der Waals surface area contributed by atoms with Crippen molar-refractivity contribution < 1.29 is 9.13 Å². The number of pyridine rings is 1. The first-order valence-electron chi connectivity index (χ1n) is 6.11. The van der Waals surface area contributed by atoms with Crippen molar-refractivity contribution in [1.82, 2.24) is 4.98 Å². The maximum atomic E-state index is 13.6. The van der Waals surface area contributed by atoms with Gasteiger partial charge in [-0.1, -0.05) is 12.1 Å². The fraction of sp³-hybridized carbons (Fsp3) is 0.267. The van der Waals surface area contributed by atoms with E-state index in [0.29, 0.717) is 6.42 Å². The number of halogens is 1. The molecule has 3 nitrogen and oxygen atoms in total. The second-order valence-corrected chi connectivity index (χ2v) is 4.47. The van der Waals surface area contributed by atoms with Crippen LogP contribution in [0.5, 0.6) is 5.75 Å². The highest BCUT2D eigenvalue weighted by Crippen LogP contribution is 2.23. The number of nitrogens with zero attached hydrogens (tertiary/aromatic N) is 1. The molecule has 0 aliphatic heterocycles. The first-order valence-corrected chi connectivity index (χ1v) is 6.11. The molecular weight excluding hydrogens is 243 g/mol. The van der Waals surface area contributed by atoms with Crippen LogP contribution in [0.25, 0.3) is 0 Å². The van der Waals surface area contributed by atoms with Crippen LogP contribution in [0, 0.1) is 12.7 Å². The van der Waals surface area contributed by atoms with Gasteiger partial charge in [0, 0.05) is 24.4 Å². The van der Waals surface area contributed by atoms with Crippen LogP contribution in [0.1, 0.15) is 22.9 Å². The molecule has 100 valence electrons. The Morgan fingerprint density at radius 3 is 2.79 bits per heavy atom. The van der Waals surface area contributed by atoms with Crippen LogP contribution in [0.2, 0.25) is 0 Å². The number of aryl methyl sites for hydroxylation is 1. The van der Waals surface area contributed by atoms with E-state index in [2.05, 4.69) is 4.98 Å². The molecule has 0 radical (unpaired) electrons. The maximum Gasteiger partial charge on any atom is 0.165 e. The lowest BCUT2D eigenvalue weighted by Crippen LogP contribution is -2.15. The molecule has 0 amide bonds. The zero-order valence-corrected chi connectivity index (χ0v) is 11.1. The molecule has 0 spiro atoms. The highest BCUT2D eigenvalue weighted by atomic mass is 19.1. The van der Waals surface area contributed by atoms with Crippen molar-refractivity contribution in [2.75, 3.05) is 7.11 Å². The molecule has 2 rings (SSSR count). The zero-order valence-electron chi connectivity index (χ0n) is 11.1. The van der Waals surface area contributed by atoms with E-state index in [-0.39, 0.29) is 11.8 Å². The summed E-state index contributed by atoms with van der Waals surface area (Å²) in [5.74, 6) is -0.168. The maximum absolute atomic E-state index is 13.6. The normalized spacial score (nSPS) is 12.2. The van der Waals surface area contributed by atoms with Gasteiger partial charge in [0.15, 0.2) is 11.6 Å². The lowest BCUT2D eigenvalue weighted by molar-refractivity contribution is 0.386. The lowest BCUT2D eigenvalue weighted by Gasteiger charge is -2.14. The molecule has 19 heavy (non-hydrogen) atoms. The average molecular weight is 260 g/mol. The van der Waals surface area contributed by atoms with Gasteiger partial charge < -0.3 is 10.5 Å². The van der Waals surface area contributed by atoms with E-state index >= 15 is 0 Å². The third kappa shape index (κ3) is 3.09. The molecular formula is C15H17FN2O. The molecule has 4 heteroatoms. The number of nitrogens with two attached hydrogens (primary N) is 1. The first-order chi connectivity index (χ1) is 9.11. The highest BCUT2D eigenvalue weighted by molar-refractivity contribution is 5.32. The number of aromatic nitrogens is 1. The van der Waals surface area contributed by atoms with E-state index in [1.54, 1.807) is 18.3 Å². The number of methoxy groups -OCH3 is 1. The Labute approximate surface area is 112 Å². The zero-order chi connectivity index (χ0) is 13.8. The lowest BCUT2D eigenvalue weighted by atomic mass is 10.0. The Morgan fingerprint density at radius 1 is 1.37 bits per heavy atom. The van der Waals surface area contributed by atoms with E-state index in [1.165, 1.54) is 13.2 Å². The average Bonchev–Trinajstić information content (AvgIpc) is 2.41. The summed E-state index contributed by atoms with van der Waals surface area (Å²) >= 11 is 0. The summed E-state index contributed by atoms with van der Waals surface area (Å²) in [4.78, 5) is 4.30. The van der Waals surface area contributed by atoms with Crippen LogP contribution in [0.3, 0.4) is 0 Å². The van der Waals surface area contributed by atoms with Gasteiger partial charge in [-0.05, 0) is 36.2 Å². The smallest absolute Gasteiger partial charge is 0.165 e. The van der Waals surface area contributed by atoms with Crippen LogP contribution in [-0.2, 0) is 6.42 Å². The second kappa shape index (κ2) is 5.80. The van der Waals surface area contributed by atoms with Gasteiger partial charge in [-0.15, -0.1) is 0 Å². The van der Waals surface area contributed by atoms with Crippen molar-refractivity contribution in [3.05, 3.63) is 59.2 Å². The summed E-state index contributed by atoms with van der Waals surface area (Å²) in [6, 6.07) is 8.39. The fourth-order valence-corrected chi connectivity index (χ4v) is 1.97. The van der Waals surface area contributed by atoms with Crippen molar-refractivity contribution >= 4 is 0 Å². The number of rotatable bonds is 4. The largest absolute Gasteiger partial charge is 0.494 e. The summed E-state index contributed by atoms with van der Waals surface area (Å²) < 4.78 is 18.5. The minimum atomic E-state index is -0.395. The van der Waals surface area contributed by atoms with Gasteiger partial charge in [-0.3, -0.25) is 4.98 Å². The second-order valence-electron chi connectivity index (χ2n) is 4.47. The van der Waals surface area contributed by atoms with Crippen LogP contribution >= 0.6 is 0 Å². The number of benzene rings is 1. The van der Waals surface area contributed by atoms with E-state index in [9.17, 15) is 4.39 Å². The molecule has 1 aromatic carbocycles. The van der Waals surface area contributed by atoms with E-state index in [4.69, 9.17) is 10.5 Å². The standard InChI is InChI=1S/C15H17FN2O/c1-10-4-3-7-18-14(10)9-13(17)11-5-6-15(19-2)12(16)8-11/h3-8,13H,9,17H2,1-2H3. The van der Waals surface area contributed by atoms with Gasteiger partial charge >= 0.3 is 0 Å².